The number of phenolic OH excluding ortho intramolecular Hbond substituents is 1. The van der Waals surface area contributed by atoms with Crippen molar-refractivity contribution in [2.75, 3.05) is 0 Å². The van der Waals surface area contributed by atoms with Gasteiger partial charge in [0.25, 0.3) is 0 Å². The van der Waals surface area contributed by atoms with Crippen LogP contribution in [0.1, 0.15) is 44.9 Å². The zero-order valence-electron chi connectivity index (χ0n) is 14.7. The van der Waals surface area contributed by atoms with E-state index < -0.39 is 5.97 Å². The first kappa shape index (κ1) is 19.4. The van der Waals surface area contributed by atoms with Crippen LogP contribution in [0.4, 0.5) is 0 Å². The van der Waals surface area contributed by atoms with E-state index in [0.717, 1.165) is 0 Å². The summed E-state index contributed by atoms with van der Waals surface area (Å²) >= 11 is 6.02. The summed E-state index contributed by atoms with van der Waals surface area (Å²) in [5, 5.41) is 22.7. The number of rotatable bonds is 7. The highest BCUT2D eigenvalue weighted by Crippen LogP contribution is 2.36. The monoisotopic (exact) mass is 402 g/mol. The van der Waals surface area contributed by atoms with Crippen molar-refractivity contribution in [2.45, 2.75) is 20.0 Å². The second kappa shape index (κ2) is 8.10. The van der Waals surface area contributed by atoms with Gasteiger partial charge < -0.3 is 19.5 Å². The lowest BCUT2D eigenvalue weighted by Crippen LogP contribution is -2.00. The molecule has 0 atom stereocenters. The number of aromatic hydroxyl groups is 1. The Bertz CT molecular complexity index is 1050. The number of carbonyl (C=O) groups excluding carboxylic acids is 1. The van der Waals surface area contributed by atoms with Crippen molar-refractivity contribution in [2.24, 2.45) is 0 Å². The van der Waals surface area contributed by atoms with Crippen molar-refractivity contribution in [3.63, 3.8) is 0 Å². The van der Waals surface area contributed by atoms with E-state index in [4.69, 9.17) is 26.0 Å². The van der Waals surface area contributed by atoms with Gasteiger partial charge in [-0.3, -0.25) is 4.79 Å². The molecule has 9 heteroatoms. The Balaban J connectivity index is 1.67. The number of ether oxygens (including phenoxy) is 1. The smallest absolute Gasteiger partial charge is 0.335 e. The second-order valence-corrected chi connectivity index (χ2v) is 6.28. The normalized spacial score (nSPS) is 10.6. The van der Waals surface area contributed by atoms with Crippen molar-refractivity contribution in [1.29, 1.82) is 0 Å². The summed E-state index contributed by atoms with van der Waals surface area (Å²) in [5.74, 6) is -0.973. The average molecular weight is 403 g/mol. The lowest BCUT2D eigenvalue weighted by Gasteiger charge is -2.09. The molecule has 3 rings (SSSR count). The van der Waals surface area contributed by atoms with Crippen molar-refractivity contribution >= 4 is 23.4 Å². The fraction of sp³-hybridized carbons (Fsp3) is 0.158. The molecule has 0 amide bonds. The van der Waals surface area contributed by atoms with Crippen LogP contribution >= 0.6 is 11.6 Å². The molecule has 1 heterocycles. The first-order valence-electron chi connectivity index (χ1n) is 8.14. The van der Waals surface area contributed by atoms with Gasteiger partial charge in [-0.05, 0) is 36.8 Å². The number of hydrogen-bond acceptors (Lipinski definition) is 7. The Morgan fingerprint density at radius 2 is 2.04 bits per heavy atom. The number of carboxylic acid groups (broad SMARTS) is 1. The Labute approximate surface area is 164 Å². The van der Waals surface area contributed by atoms with Crippen molar-refractivity contribution < 1.29 is 29.1 Å². The van der Waals surface area contributed by atoms with Gasteiger partial charge in [0.2, 0.25) is 11.7 Å². The van der Waals surface area contributed by atoms with Gasteiger partial charge in [0, 0.05) is 0 Å². The minimum Gasteiger partial charge on any atom is -0.505 e. The summed E-state index contributed by atoms with van der Waals surface area (Å²) < 4.78 is 10.6. The van der Waals surface area contributed by atoms with Gasteiger partial charge in [-0.2, -0.15) is 4.98 Å². The molecule has 0 aliphatic carbocycles. The van der Waals surface area contributed by atoms with Gasteiger partial charge in [0.15, 0.2) is 12.4 Å². The Hall–Kier alpha value is -3.39. The highest BCUT2D eigenvalue weighted by molar-refractivity contribution is 6.34. The van der Waals surface area contributed by atoms with E-state index in [0.29, 0.717) is 11.5 Å². The number of Topliss-reactive ketones (excluding diaryl/α,β-unsaturated/α-hetero) is 1. The fourth-order valence-corrected chi connectivity index (χ4v) is 2.71. The van der Waals surface area contributed by atoms with Crippen LogP contribution in [-0.2, 0) is 13.0 Å². The summed E-state index contributed by atoms with van der Waals surface area (Å²) in [7, 11) is 0. The highest BCUT2D eigenvalue weighted by Gasteiger charge is 2.16. The summed E-state index contributed by atoms with van der Waals surface area (Å²) in [4.78, 5) is 26.6. The summed E-state index contributed by atoms with van der Waals surface area (Å²) in [6, 6.07) is 9.30. The fourth-order valence-electron chi connectivity index (χ4n) is 2.49. The van der Waals surface area contributed by atoms with E-state index in [1.54, 1.807) is 12.1 Å². The van der Waals surface area contributed by atoms with Crippen LogP contribution in [0, 0.1) is 0 Å². The molecule has 0 spiro atoms. The molecule has 0 saturated carbocycles. The molecule has 8 nitrogen and oxygen atoms in total. The van der Waals surface area contributed by atoms with Crippen LogP contribution in [0.5, 0.6) is 11.5 Å². The zero-order valence-corrected chi connectivity index (χ0v) is 15.4. The number of benzene rings is 2. The van der Waals surface area contributed by atoms with Crippen LogP contribution in [0.3, 0.4) is 0 Å². The molecule has 3 aromatic rings. The minimum absolute atomic E-state index is 0.0722. The van der Waals surface area contributed by atoms with Gasteiger partial charge in [-0.1, -0.05) is 28.9 Å². The topological polar surface area (TPSA) is 123 Å². The lowest BCUT2D eigenvalue weighted by atomic mass is 10.1. The molecule has 0 bridgehead atoms. The van der Waals surface area contributed by atoms with Crippen molar-refractivity contribution in [3.8, 4) is 11.5 Å². The molecule has 1 aromatic heterocycles. The van der Waals surface area contributed by atoms with Gasteiger partial charge >= 0.3 is 5.97 Å². The maximum Gasteiger partial charge on any atom is 0.335 e. The highest BCUT2D eigenvalue weighted by atomic mass is 35.5. The second-order valence-electron chi connectivity index (χ2n) is 5.91. The van der Waals surface area contributed by atoms with Crippen LogP contribution in [0.2, 0.25) is 5.02 Å². The van der Waals surface area contributed by atoms with Gasteiger partial charge in [-0.25, -0.2) is 4.79 Å². The predicted molar refractivity (Wildman–Crippen MR) is 98.0 cm³/mol. The third-order valence-electron chi connectivity index (χ3n) is 3.86. The van der Waals surface area contributed by atoms with E-state index in [1.165, 1.54) is 31.2 Å². The minimum atomic E-state index is -1.02. The standard InChI is InChI=1S/C19H15ClN2O6/c1-10(23)13-5-6-14(17(20)18(13)24)27-9-15-21-16(28-22-15)8-11-3-2-4-12(7-11)19(25)26/h2-7,24H,8-9H2,1H3,(H,25,26). The van der Waals surface area contributed by atoms with Crippen LogP contribution < -0.4 is 4.74 Å². The number of hydrogen-bond donors (Lipinski definition) is 2. The molecule has 0 fully saturated rings. The molecule has 0 saturated heterocycles. The quantitative estimate of drug-likeness (QED) is 0.575. The largest absolute Gasteiger partial charge is 0.505 e. The van der Waals surface area contributed by atoms with E-state index in [9.17, 15) is 14.7 Å². The Kier molecular flexibility index (Phi) is 5.60. The number of halogens is 1. The summed E-state index contributed by atoms with van der Waals surface area (Å²) in [6.45, 7) is 1.25. The number of ketones is 1. The molecule has 2 N–H and O–H groups in total. The number of phenols is 1. The zero-order chi connectivity index (χ0) is 20.3. The molecule has 28 heavy (non-hydrogen) atoms. The molecular formula is C19H15ClN2O6. The Morgan fingerprint density at radius 3 is 2.75 bits per heavy atom. The van der Waals surface area contributed by atoms with Crippen LogP contribution in [0.15, 0.2) is 40.9 Å². The lowest BCUT2D eigenvalue weighted by molar-refractivity contribution is 0.0696. The van der Waals surface area contributed by atoms with Crippen LogP contribution in [0.25, 0.3) is 0 Å². The molecule has 0 radical (unpaired) electrons. The third-order valence-corrected chi connectivity index (χ3v) is 4.22. The predicted octanol–water partition coefficient (Wildman–Crippen LogP) is 3.50. The first-order chi connectivity index (χ1) is 13.3. The molecular weight excluding hydrogens is 388 g/mol. The number of aromatic carboxylic acids is 1. The van der Waals surface area contributed by atoms with E-state index in [-0.39, 0.29) is 52.3 Å². The van der Waals surface area contributed by atoms with Gasteiger partial charge in [0.1, 0.15) is 16.5 Å². The van der Waals surface area contributed by atoms with Crippen LogP contribution in [-0.4, -0.2) is 32.1 Å². The maximum absolute atomic E-state index is 11.4. The maximum atomic E-state index is 11.4. The summed E-state index contributed by atoms with van der Waals surface area (Å²) in [6.07, 6.45) is 0.267. The first-order valence-corrected chi connectivity index (χ1v) is 8.52. The number of nitrogens with zero attached hydrogens (tertiary/aromatic N) is 2. The Morgan fingerprint density at radius 1 is 1.25 bits per heavy atom. The van der Waals surface area contributed by atoms with E-state index in [1.807, 2.05) is 0 Å². The SMILES string of the molecule is CC(=O)c1ccc(OCc2noc(Cc3cccc(C(=O)O)c3)n2)c(Cl)c1O. The third kappa shape index (κ3) is 4.29. The summed E-state index contributed by atoms with van der Waals surface area (Å²) in [5.41, 5.74) is 0.982. The number of carboxylic acids is 1. The number of carbonyl (C=O) groups is 2. The molecule has 0 aliphatic heterocycles. The van der Waals surface area contributed by atoms with Gasteiger partial charge in [0.05, 0.1) is 17.5 Å². The molecule has 0 aliphatic rings. The van der Waals surface area contributed by atoms with E-state index in [2.05, 4.69) is 10.1 Å². The molecule has 2 aromatic carbocycles. The van der Waals surface area contributed by atoms with Gasteiger partial charge in [-0.15, -0.1) is 0 Å². The molecule has 144 valence electrons. The van der Waals surface area contributed by atoms with E-state index >= 15 is 0 Å². The van der Waals surface area contributed by atoms with Crippen molar-refractivity contribution in [1.82, 2.24) is 10.1 Å². The van der Waals surface area contributed by atoms with Crippen molar-refractivity contribution in [3.05, 3.63) is 69.8 Å². The molecule has 0 unspecified atom stereocenters. The average Bonchev–Trinajstić information content (AvgIpc) is 3.10. The number of aromatic nitrogens is 2.